The minimum atomic E-state index is -2.17. The van der Waals surface area contributed by atoms with Crippen molar-refractivity contribution in [3.63, 3.8) is 0 Å². The third-order valence-electron chi connectivity index (χ3n) is 3.54. The van der Waals surface area contributed by atoms with Gasteiger partial charge in [0.1, 0.15) is 0 Å². The molecule has 1 aliphatic heterocycles. The second-order valence-electron chi connectivity index (χ2n) is 5.71. The average molecular weight is 373 g/mol. The summed E-state index contributed by atoms with van der Waals surface area (Å²) in [5.41, 5.74) is 4.61. The number of imidazole rings is 1. The molecular formula is C18H17FN3O3P. The summed E-state index contributed by atoms with van der Waals surface area (Å²) < 4.78 is 11.9. The Hall–Kier alpha value is -2.97. The number of carboxylic acid groups (broad SMARTS) is 1. The number of amides is 1. The second kappa shape index (κ2) is 7.51. The van der Waals surface area contributed by atoms with E-state index in [2.05, 4.69) is 21.2 Å². The van der Waals surface area contributed by atoms with E-state index in [9.17, 15) is 14.0 Å². The lowest BCUT2D eigenvalue weighted by Crippen LogP contribution is -2.20. The molecule has 0 radical (unpaired) electrons. The van der Waals surface area contributed by atoms with Gasteiger partial charge in [0, 0.05) is 22.5 Å². The first-order valence-corrected chi connectivity index (χ1v) is 8.06. The number of benzene rings is 1. The molecule has 2 atom stereocenters. The van der Waals surface area contributed by atoms with E-state index < -0.39 is 11.4 Å². The van der Waals surface area contributed by atoms with Gasteiger partial charge in [-0.1, -0.05) is 15.2 Å². The molecule has 134 valence electrons. The molecule has 0 saturated heterocycles. The number of hydrogen-bond acceptors (Lipinski definition) is 3. The molecule has 0 saturated carbocycles. The van der Waals surface area contributed by atoms with Crippen molar-refractivity contribution in [3.05, 3.63) is 47.0 Å². The molecule has 26 heavy (non-hydrogen) atoms. The molecule has 8 heteroatoms. The monoisotopic (exact) mass is 373 g/mol. The van der Waals surface area contributed by atoms with Gasteiger partial charge in [0.15, 0.2) is 0 Å². The Morgan fingerprint density at radius 2 is 2.15 bits per heavy atom. The average Bonchev–Trinajstić information content (AvgIpc) is 3.11. The third-order valence-corrected chi connectivity index (χ3v) is 3.78. The number of alkyl halides is 1. The molecule has 6 nitrogen and oxygen atoms in total. The SMILES string of the molecule is C#Cc1ccc2c(c1)/C(=C/c1nc[nH]c1C)C(=O)N2.CC(F)(P)C(=O)O. The summed E-state index contributed by atoms with van der Waals surface area (Å²) >= 11 is 0. The number of aliphatic carboxylic acids is 1. The van der Waals surface area contributed by atoms with E-state index in [0.29, 0.717) is 5.57 Å². The molecule has 0 spiro atoms. The number of hydrogen-bond donors (Lipinski definition) is 3. The highest BCUT2D eigenvalue weighted by Crippen LogP contribution is 2.33. The molecule has 2 unspecified atom stereocenters. The standard InChI is InChI=1S/C15H11N3O.C3H6FO2P/c1-3-10-4-5-13-11(6-10)12(15(19)18-13)7-14-9(2)16-8-17-14;1-3(4,7)2(5)6/h1,4-8H,2H3,(H,16,17)(H,18,19);7H2,1H3,(H,5,6)/b12-7-;. The van der Waals surface area contributed by atoms with Crippen molar-refractivity contribution in [1.29, 1.82) is 0 Å². The zero-order valence-corrected chi connectivity index (χ0v) is 15.3. The van der Waals surface area contributed by atoms with E-state index in [1.165, 1.54) is 0 Å². The van der Waals surface area contributed by atoms with Gasteiger partial charge in [0.25, 0.3) is 5.91 Å². The van der Waals surface area contributed by atoms with E-state index in [1.54, 1.807) is 21.6 Å². The fourth-order valence-corrected chi connectivity index (χ4v) is 2.07. The number of aromatic amines is 1. The smallest absolute Gasteiger partial charge is 0.344 e. The summed E-state index contributed by atoms with van der Waals surface area (Å²) in [5.74, 6) is 0.981. The first-order valence-electron chi connectivity index (χ1n) is 7.48. The highest BCUT2D eigenvalue weighted by Gasteiger charge is 2.25. The van der Waals surface area contributed by atoms with Crippen LogP contribution in [0.25, 0.3) is 11.6 Å². The number of carbonyl (C=O) groups is 2. The van der Waals surface area contributed by atoms with E-state index in [1.807, 2.05) is 25.1 Å². The molecule has 1 aliphatic rings. The lowest BCUT2D eigenvalue weighted by Gasteiger charge is -2.03. The molecule has 2 heterocycles. The van der Waals surface area contributed by atoms with Crippen LogP contribution in [0.4, 0.5) is 10.1 Å². The second-order valence-corrected chi connectivity index (χ2v) is 6.79. The lowest BCUT2D eigenvalue weighted by molar-refractivity contribution is -0.144. The van der Waals surface area contributed by atoms with Crippen molar-refractivity contribution in [2.45, 2.75) is 19.3 Å². The molecule has 1 amide bonds. The first kappa shape index (κ1) is 19.4. The Labute approximate surface area is 152 Å². The molecule has 2 aromatic rings. The van der Waals surface area contributed by atoms with Crippen LogP contribution in [0, 0.1) is 19.3 Å². The van der Waals surface area contributed by atoms with Gasteiger partial charge < -0.3 is 15.4 Å². The van der Waals surface area contributed by atoms with Gasteiger partial charge in [-0.2, -0.15) is 0 Å². The van der Waals surface area contributed by atoms with Crippen LogP contribution in [0.3, 0.4) is 0 Å². The molecule has 0 aliphatic carbocycles. The van der Waals surface area contributed by atoms with Gasteiger partial charge in [-0.15, -0.1) is 6.42 Å². The number of terminal acetylenes is 1. The largest absolute Gasteiger partial charge is 0.479 e. The van der Waals surface area contributed by atoms with Crippen LogP contribution in [0.5, 0.6) is 0 Å². The highest BCUT2D eigenvalue weighted by molar-refractivity contribution is 7.20. The number of nitrogens with zero attached hydrogens (tertiary/aromatic N) is 1. The number of aromatic nitrogens is 2. The van der Waals surface area contributed by atoms with Gasteiger partial charge in [-0.25, -0.2) is 14.2 Å². The van der Waals surface area contributed by atoms with Crippen LogP contribution in [-0.2, 0) is 9.59 Å². The summed E-state index contributed by atoms with van der Waals surface area (Å²) in [6, 6.07) is 5.46. The van der Waals surface area contributed by atoms with E-state index in [-0.39, 0.29) is 5.91 Å². The van der Waals surface area contributed by atoms with E-state index >= 15 is 0 Å². The Bertz CT molecular complexity index is 936. The van der Waals surface area contributed by atoms with Crippen molar-refractivity contribution < 1.29 is 19.1 Å². The summed E-state index contributed by atoms with van der Waals surface area (Å²) in [4.78, 5) is 28.8. The van der Waals surface area contributed by atoms with E-state index in [0.717, 1.165) is 35.1 Å². The first-order chi connectivity index (χ1) is 12.1. The Morgan fingerprint density at radius 1 is 1.50 bits per heavy atom. The van der Waals surface area contributed by atoms with Crippen LogP contribution in [0.15, 0.2) is 24.5 Å². The number of anilines is 1. The summed E-state index contributed by atoms with van der Waals surface area (Å²) in [5, 5.41) is 8.50. The van der Waals surface area contributed by atoms with Gasteiger partial charge in [0.2, 0.25) is 5.41 Å². The molecular weight excluding hydrogens is 356 g/mol. The molecule has 1 aromatic carbocycles. The number of aryl methyl sites for hydroxylation is 1. The van der Waals surface area contributed by atoms with Crippen molar-refractivity contribution in [2.75, 3.05) is 5.32 Å². The maximum absolute atomic E-state index is 12.0. The van der Waals surface area contributed by atoms with Crippen molar-refractivity contribution in [1.82, 2.24) is 9.97 Å². The summed E-state index contributed by atoms with van der Waals surface area (Å²) in [6.45, 7) is 2.87. The van der Waals surface area contributed by atoms with E-state index in [4.69, 9.17) is 11.5 Å². The minimum Gasteiger partial charge on any atom is -0.479 e. The maximum Gasteiger partial charge on any atom is 0.344 e. The number of rotatable bonds is 2. The quantitative estimate of drug-likeness (QED) is 0.429. The van der Waals surface area contributed by atoms with Gasteiger partial charge in [-0.3, -0.25) is 4.79 Å². The number of H-pyrrole nitrogens is 1. The van der Waals surface area contributed by atoms with Crippen molar-refractivity contribution in [2.24, 2.45) is 0 Å². The van der Waals surface area contributed by atoms with Crippen molar-refractivity contribution >= 4 is 38.5 Å². The van der Waals surface area contributed by atoms with Gasteiger partial charge in [0.05, 0.1) is 17.6 Å². The number of carbonyl (C=O) groups excluding carboxylic acids is 1. The predicted molar refractivity (Wildman–Crippen MR) is 101 cm³/mol. The highest BCUT2D eigenvalue weighted by atomic mass is 31.0. The predicted octanol–water partition coefficient (Wildman–Crippen LogP) is 2.82. The molecule has 3 N–H and O–H groups in total. The number of nitrogens with one attached hydrogen (secondary N) is 2. The fraction of sp³-hybridized carbons (Fsp3) is 0.167. The van der Waals surface area contributed by atoms with Crippen LogP contribution < -0.4 is 5.32 Å². The van der Waals surface area contributed by atoms with Crippen LogP contribution in [-0.4, -0.2) is 32.4 Å². The molecule has 0 fully saturated rings. The lowest BCUT2D eigenvalue weighted by atomic mass is 10.0. The van der Waals surface area contributed by atoms with Gasteiger partial charge in [-0.05, 0) is 38.1 Å². The minimum absolute atomic E-state index is 0.133. The normalized spacial score (nSPS) is 16.0. The molecule has 0 bridgehead atoms. The molecule has 3 rings (SSSR count). The van der Waals surface area contributed by atoms with Crippen LogP contribution in [0.2, 0.25) is 0 Å². The fourth-order valence-electron chi connectivity index (χ4n) is 2.07. The maximum atomic E-state index is 12.0. The number of fused-ring (bicyclic) bond motifs is 1. The topological polar surface area (TPSA) is 95.1 Å². The zero-order chi connectivity index (χ0) is 19.5. The number of carboxylic acids is 1. The Morgan fingerprint density at radius 3 is 2.65 bits per heavy atom. The van der Waals surface area contributed by atoms with Crippen LogP contribution in [0.1, 0.15) is 29.4 Å². The summed E-state index contributed by atoms with van der Waals surface area (Å²) in [7, 11) is 1.56. The summed E-state index contributed by atoms with van der Waals surface area (Å²) in [6.07, 6.45) is 8.77. The Kier molecular flexibility index (Phi) is 5.59. The zero-order valence-electron chi connectivity index (χ0n) is 14.1. The van der Waals surface area contributed by atoms with Gasteiger partial charge >= 0.3 is 5.97 Å². The third kappa shape index (κ3) is 4.35. The van der Waals surface area contributed by atoms with Crippen molar-refractivity contribution in [3.8, 4) is 12.3 Å². The Balaban J connectivity index is 0.000000298. The molecule has 1 aromatic heterocycles. The van der Waals surface area contributed by atoms with Crippen LogP contribution >= 0.6 is 9.24 Å². The number of halogens is 1.